The van der Waals surface area contributed by atoms with Crippen molar-refractivity contribution in [1.29, 1.82) is 0 Å². The van der Waals surface area contributed by atoms with E-state index >= 15 is 0 Å². The Kier molecular flexibility index (Phi) is 6.28. The topological polar surface area (TPSA) is 24.1 Å². The summed E-state index contributed by atoms with van der Waals surface area (Å²) in [4.78, 5) is 0. The fraction of sp³-hybridized carbons (Fsp3) is 0.714. The van der Waals surface area contributed by atoms with Crippen LogP contribution in [0.1, 0.15) is 20.3 Å². The van der Waals surface area contributed by atoms with E-state index in [2.05, 4.69) is 49.7 Å². The van der Waals surface area contributed by atoms with E-state index in [9.17, 15) is 0 Å². The van der Waals surface area contributed by atoms with Gasteiger partial charge in [0.25, 0.3) is 0 Å². The molecule has 0 spiro atoms. The molecule has 0 aliphatic rings. The van der Waals surface area contributed by atoms with Crippen molar-refractivity contribution in [3.05, 3.63) is 0 Å². The van der Waals surface area contributed by atoms with Crippen LogP contribution in [0.2, 0.25) is 0 Å². The van der Waals surface area contributed by atoms with E-state index in [0.29, 0.717) is 15.2 Å². The van der Waals surface area contributed by atoms with Gasteiger partial charge >= 0.3 is 0 Å². The maximum Gasteiger partial charge on any atom is 0.131 e. The largest absolute Gasteiger partial charge is 0.369 e. The summed E-state index contributed by atoms with van der Waals surface area (Å²) in [7, 11) is 0. The molecule has 0 heterocycles. The fourth-order valence-electron chi connectivity index (χ4n) is 0.786. The van der Waals surface area contributed by atoms with Crippen LogP contribution in [0.3, 0.4) is 0 Å². The highest BCUT2D eigenvalue weighted by atomic mass is 32.1. The molecule has 0 saturated heterocycles. The molecule has 0 fully saturated rings. The van der Waals surface area contributed by atoms with Gasteiger partial charge in [-0.2, -0.15) is 0 Å². The predicted molar refractivity (Wildman–Crippen MR) is 73.0 cm³/mol. The highest BCUT2D eigenvalue weighted by molar-refractivity contribution is 8.11. The van der Waals surface area contributed by atoms with Crippen LogP contribution in [0.5, 0.6) is 0 Å². The number of nitrogens with one attached hydrogen (secondary N) is 2. The van der Waals surface area contributed by atoms with E-state index in [1.54, 1.807) is 0 Å². The monoisotopic (exact) mass is 254 g/mol. The summed E-state index contributed by atoms with van der Waals surface area (Å²) in [5.41, 5.74) is -0.119. The van der Waals surface area contributed by atoms with E-state index in [-0.39, 0.29) is 5.54 Å². The average Bonchev–Trinajstić information content (AvgIpc) is 2.00. The first kappa shape index (κ1) is 13.5. The van der Waals surface area contributed by atoms with Crippen molar-refractivity contribution in [1.82, 2.24) is 10.6 Å². The van der Waals surface area contributed by atoms with Crippen molar-refractivity contribution < 1.29 is 0 Å². The first-order valence-corrected chi connectivity index (χ1v) is 5.58. The maximum atomic E-state index is 4.86. The van der Waals surface area contributed by atoms with Gasteiger partial charge in [-0.25, -0.2) is 0 Å². The van der Waals surface area contributed by atoms with E-state index in [4.69, 9.17) is 24.4 Å². The molecule has 0 aromatic carbocycles. The smallest absolute Gasteiger partial charge is 0.131 e. The Labute approximate surface area is 101 Å². The third kappa shape index (κ3) is 6.54. The SMILES string of the molecule is CCC(C)(CNC(=S)S)NC(=S)S. The highest BCUT2D eigenvalue weighted by Gasteiger charge is 2.21. The second kappa shape index (κ2) is 6.06. The minimum atomic E-state index is -0.119. The summed E-state index contributed by atoms with van der Waals surface area (Å²) in [5.74, 6) is 0. The molecule has 0 amide bonds. The van der Waals surface area contributed by atoms with Crippen LogP contribution in [0, 0.1) is 0 Å². The first-order valence-electron chi connectivity index (χ1n) is 3.87. The number of rotatable bonds is 4. The Morgan fingerprint density at radius 2 is 1.85 bits per heavy atom. The summed E-state index contributed by atoms with van der Waals surface area (Å²) in [6.45, 7) is 4.81. The van der Waals surface area contributed by atoms with Gasteiger partial charge in [0.2, 0.25) is 0 Å². The Morgan fingerprint density at radius 1 is 1.31 bits per heavy atom. The zero-order valence-electron chi connectivity index (χ0n) is 7.63. The average molecular weight is 254 g/mol. The van der Waals surface area contributed by atoms with Gasteiger partial charge in [0.15, 0.2) is 0 Å². The van der Waals surface area contributed by atoms with Crippen molar-refractivity contribution in [3.63, 3.8) is 0 Å². The highest BCUT2D eigenvalue weighted by Crippen LogP contribution is 2.08. The predicted octanol–water partition coefficient (Wildman–Crippen LogP) is 1.76. The molecule has 2 nitrogen and oxygen atoms in total. The first-order chi connectivity index (χ1) is 5.89. The van der Waals surface area contributed by atoms with Gasteiger partial charge in [-0.05, 0) is 13.3 Å². The third-order valence-electron chi connectivity index (χ3n) is 1.82. The van der Waals surface area contributed by atoms with Crippen LogP contribution in [-0.2, 0) is 0 Å². The standard InChI is InChI=1S/C7H14N2S4/c1-3-7(2,9-6(12)13)4-8-5(10)11/h3-4H2,1-2H3,(H2,8,10,11)(H2,9,12,13). The van der Waals surface area contributed by atoms with Crippen molar-refractivity contribution in [2.45, 2.75) is 25.8 Å². The molecule has 1 atom stereocenters. The van der Waals surface area contributed by atoms with E-state index < -0.39 is 0 Å². The Morgan fingerprint density at radius 3 is 2.15 bits per heavy atom. The number of thiol groups is 2. The van der Waals surface area contributed by atoms with Gasteiger partial charge < -0.3 is 10.6 Å². The van der Waals surface area contributed by atoms with Gasteiger partial charge in [0.05, 0.1) is 5.54 Å². The molecule has 0 saturated carbocycles. The van der Waals surface area contributed by atoms with Crippen LogP contribution in [-0.4, -0.2) is 20.7 Å². The van der Waals surface area contributed by atoms with E-state index in [1.165, 1.54) is 0 Å². The van der Waals surface area contributed by atoms with E-state index in [1.807, 2.05) is 0 Å². The number of hydrogen-bond acceptors (Lipinski definition) is 2. The fourth-order valence-corrected chi connectivity index (χ4v) is 1.45. The van der Waals surface area contributed by atoms with Gasteiger partial charge in [-0.3, -0.25) is 0 Å². The molecule has 0 aromatic rings. The van der Waals surface area contributed by atoms with Gasteiger partial charge in [0.1, 0.15) is 8.64 Å². The summed E-state index contributed by atoms with van der Waals surface area (Å²) in [5, 5.41) is 6.08. The molecule has 13 heavy (non-hydrogen) atoms. The summed E-state index contributed by atoms with van der Waals surface area (Å²) in [6.07, 6.45) is 0.928. The molecular weight excluding hydrogens is 240 g/mol. The summed E-state index contributed by atoms with van der Waals surface area (Å²) >= 11 is 17.7. The van der Waals surface area contributed by atoms with Crippen LogP contribution >= 0.6 is 49.7 Å². The molecule has 0 bridgehead atoms. The molecule has 0 radical (unpaired) electrons. The molecular formula is C7H14N2S4. The second-order valence-corrected chi connectivity index (χ2v) is 5.32. The Balaban J connectivity index is 4.10. The van der Waals surface area contributed by atoms with Crippen LogP contribution < -0.4 is 10.6 Å². The second-order valence-electron chi connectivity index (χ2n) is 3.00. The summed E-state index contributed by atoms with van der Waals surface area (Å²) < 4.78 is 0.989. The third-order valence-corrected chi connectivity index (χ3v) is 2.34. The molecule has 0 aliphatic carbocycles. The van der Waals surface area contributed by atoms with Gasteiger partial charge in [-0.15, -0.1) is 25.3 Å². The molecule has 0 aromatic heterocycles. The van der Waals surface area contributed by atoms with Gasteiger partial charge in [-0.1, -0.05) is 31.4 Å². The lowest BCUT2D eigenvalue weighted by Crippen LogP contribution is -2.51. The lowest BCUT2D eigenvalue weighted by Gasteiger charge is -2.30. The summed E-state index contributed by atoms with van der Waals surface area (Å²) in [6, 6.07) is 0. The molecule has 0 rings (SSSR count). The van der Waals surface area contributed by atoms with Crippen LogP contribution in [0.4, 0.5) is 0 Å². The minimum Gasteiger partial charge on any atom is -0.369 e. The van der Waals surface area contributed by atoms with Crippen molar-refractivity contribution in [2.75, 3.05) is 6.54 Å². The number of thiocarbonyl (C=S) groups is 2. The molecule has 76 valence electrons. The van der Waals surface area contributed by atoms with Gasteiger partial charge in [0, 0.05) is 6.54 Å². The normalized spacial score (nSPS) is 14.5. The molecule has 2 N–H and O–H groups in total. The van der Waals surface area contributed by atoms with Crippen molar-refractivity contribution >= 4 is 58.3 Å². The lowest BCUT2D eigenvalue weighted by molar-refractivity contribution is 0.404. The zero-order chi connectivity index (χ0) is 10.5. The number of hydrogen-bond donors (Lipinski definition) is 4. The van der Waals surface area contributed by atoms with E-state index in [0.717, 1.165) is 6.42 Å². The van der Waals surface area contributed by atoms with Crippen LogP contribution in [0.15, 0.2) is 0 Å². The molecule has 0 aliphatic heterocycles. The molecule has 6 heteroatoms. The Hall–Kier alpha value is 0.480. The zero-order valence-corrected chi connectivity index (χ0v) is 11.0. The van der Waals surface area contributed by atoms with Crippen LogP contribution in [0.25, 0.3) is 0 Å². The molecule has 1 unspecified atom stereocenters. The quantitative estimate of drug-likeness (QED) is 0.454. The minimum absolute atomic E-state index is 0.119. The van der Waals surface area contributed by atoms with Crippen molar-refractivity contribution in [2.24, 2.45) is 0 Å². The lowest BCUT2D eigenvalue weighted by atomic mass is 10.00. The maximum absolute atomic E-state index is 4.86. The van der Waals surface area contributed by atoms with Crippen molar-refractivity contribution in [3.8, 4) is 0 Å². The Bertz CT molecular complexity index is 207.